The van der Waals surface area contributed by atoms with Gasteiger partial charge in [-0.15, -0.1) is 0 Å². The third-order valence-corrected chi connectivity index (χ3v) is 4.62. The summed E-state index contributed by atoms with van der Waals surface area (Å²) in [5.41, 5.74) is 2.28. The minimum absolute atomic E-state index is 0.00734. The number of ether oxygens (including phenoxy) is 1. The molecule has 0 radical (unpaired) electrons. The Morgan fingerprint density at radius 2 is 1.67 bits per heavy atom. The number of hydrogen-bond donors (Lipinski definition) is 0. The maximum atomic E-state index is 12.5. The normalized spacial score (nSPS) is 12.8. The van der Waals surface area contributed by atoms with E-state index in [1.807, 2.05) is 12.1 Å². The van der Waals surface area contributed by atoms with E-state index in [0.717, 1.165) is 5.56 Å². The van der Waals surface area contributed by atoms with Gasteiger partial charge in [0.25, 0.3) is 0 Å². The predicted octanol–water partition coefficient (Wildman–Crippen LogP) is 6.12. The zero-order valence-electron chi connectivity index (χ0n) is 15.8. The van der Waals surface area contributed by atoms with Crippen molar-refractivity contribution in [1.29, 1.82) is 0 Å². The highest BCUT2D eigenvalue weighted by atomic mass is 35.5. The van der Waals surface area contributed by atoms with Crippen LogP contribution in [0, 0.1) is 0 Å². The standard InChI is InChI=1S/C22H22Cl2O3/c1-14(21(26)16-5-9-17(10-6-16)22(2,3)4)27-20(25)12-8-15-7-11-18(23)13-19(15)24/h5-14H,1-4H3/b12-8+/t14-/m1/s1. The Labute approximate surface area is 169 Å². The first kappa shape index (κ1) is 21.2. The van der Waals surface area contributed by atoms with Crippen molar-refractivity contribution in [3.05, 3.63) is 75.3 Å². The maximum absolute atomic E-state index is 12.5. The van der Waals surface area contributed by atoms with E-state index in [1.54, 1.807) is 37.3 Å². The molecule has 2 aromatic carbocycles. The molecular weight excluding hydrogens is 383 g/mol. The molecule has 0 heterocycles. The van der Waals surface area contributed by atoms with Crippen molar-refractivity contribution < 1.29 is 14.3 Å². The summed E-state index contributed by atoms with van der Waals surface area (Å²) in [6, 6.07) is 12.3. The van der Waals surface area contributed by atoms with Gasteiger partial charge in [-0.3, -0.25) is 4.79 Å². The lowest BCUT2D eigenvalue weighted by Gasteiger charge is -2.19. The molecule has 2 rings (SSSR count). The Bertz CT molecular complexity index is 862. The van der Waals surface area contributed by atoms with E-state index in [4.69, 9.17) is 27.9 Å². The number of halogens is 2. The van der Waals surface area contributed by atoms with E-state index in [0.29, 0.717) is 21.2 Å². The van der Waals surface area contributed by atoms with Gasteiger partial charge in [0.1, 0.15) is 0 Å². The van der Waals surface area contributed by atoms with Crippen molar-refractivity contribution in [1.82, 2.24) is 0 Å². The number of carbonyl (C=O) groups excluding carboxylic acids is 2. The molecule has 0 amide bonds. The number of Topliss-reactive ketones (excluding diaryl/α,β-unsaturated/α-hetero) is 1. The van der Waals surface area contributed by atoms with Gasteiger partial charge in [0.15, 0.2) is 6.10 Å². The number of rotatable bonds is 5. The molecule has 0 aliphatic rings. The fraction of sp³-hybridized carbons (Fsp3) is 0.273. The SMILES string of the molecule is C[C@@H](OC(=O)/C=C/c1ccc(Cl)cc1Cl)C(=O)c1ccc(C(C)(C)C)cc1. The highest BCUT2D eigenvalue weighted by molar-refractivity contribution is 6.35. The van der Waals surface area contributed by atoms with Crippen LogP contribution in [0.3, 0.4) is 0 Å². The summed E-state index contributed by atoms with van der Waals surface area (Å²) in [4.78, 5) is 24.5. The van der Waals surface area contributed by atoms with E-state index in [2.05, 4.69) is 20.8 Å². The second kappa shape index (κ2) is 8.73. The van der Waals surface area contributed by atoms with E-state index in [1.165, 1.54) is 12.2 Å². The van der Waals surface area contributed by atoms with Crippen LogP contribution >= 0.6 is 23.2 Å². The van der Waals surface area contributed by atoms with Gasteiger partial charge in [-0.1, -0.05) is 74.3 Å². The minimum Gasteiger partial charge on any atom is -0.451 e. The second-order valence-electron chi connectivity index (χ2n) is 7.27. The molecule has 0 aliphatic carbocycles. The van der Waals surface area contributed by atoms with Gasteiger partial charge in [-0.25, -0.2) is 4.79 Å². The Kier molecular flexibility index (Phi) is 6.85. The van der Waals surface area contributed by atoms with Gasteiger partial charge in [-0.05, 0) is 41.7 Å². The molecule has 3 nitrogen and oxygen atoms in total. The topological polar surface area (TPSA) is 43.4 Å². The molecule has 1 atom stereocenters. The number of hydrogen-bond acceptors (Lipinski definition) is 3. The fourth-order valence-electron chi connectivity index (χ4n) is 2.43. The molecule has 0 fully saturated rings. The van der Waals surface area contributed by atoms with Gasteiger partial charge in [0.2, 0.25) is 5.78 Å². The molecule has 0 unspecified atom stereocenters. The van der Waals surface area contributed by atoms with Gasteiger partial charge >= 0.3 is 5.97 Å². The van der Waals surface area contributed by atoms with Crippen molar-refractivity contribution in [3.63, 3.8) is 0 Å². The summed E-state index contributed by atoms with van der Waals surface area (Å²) < 4.78 is 5.20. The summed E-state index contributed by atoms with van der Waals surface area (Å²) in [6.45, 7) is 7.87. The average molecular weight is 405 g/mol. The van der Waals surface area contributed by atoms with Crippen LogP contribution in [-0.2, 0) is 14.9 Å². The molecule has 27 heavy (non-hydrogen) atoms. The lowest BCUT2D eigenvalue weighted by Crippen LogP contribution is -2.23. The van der Waals surface area contributed by atoms with Crippen LogP contribution in [0.15, 0.2) is 48.5 Å². The third kappa shape index (κ3) is 5.95. The zero-order chi connectivity index (χ0) is 20.2. The second-order valence-corrected chi connectivity index (χ2v) is 8.11. The van der Waals surface area contributed by atoms with Gasteiger partial charge in [-0.2, -0.15) is 0 Å². The number of benzene rings is 2. The summed E-state index contributed by atoms with van der Waals surface area (Å²) in [7, 11) is 0. The van der Waals surface area contributed by atoms with Crippen LogP contribution in [0.5, 0.6) is 0 Å². The lowest BCUT2D eigenvalue weighted by molar-refractivity contribution is -0.140. The summed E-state index contributed by atoms with van der Waals surface area (Å²) in [5, 5.41) is 0.936. The van der Waals surface area contributed by atoms with Crippen LogP contribution in [0.4, 0.5) is 0 Å². The van der Waals surface area contributed by atoms with E-state index in [-0.39, 0.29) is 11.2 Å². The largest absolute Gasteiger partial charge is 0.451 e. The Hall–Kier alpha value is -2.10. The first-order valence-corrected chi connectivity index (χ1v) is 9.32. The predicted molar refractivity (Wildman–Crippen MR) is 111 cm³/mol. The first-order valence-electron chi connectivity index (χ1n) is 8.56. The molecule has 0 aromatic heterocycles. The monoisotopic (exact) mass is 404 g/mol. The Morgan fingerprint density at radius 3 is 2.22 bits per heavy atom. The zero-order valence-corrected chi connectivity index (χ0v) is 17.3. The minimum atomic E-state index is -0.886. The molecule has 142 valence electrons. The van der Waals surface area contributed by atoms with Crippen molar-refractivity contribution in [3.8, 4) is 0 Å². The van der Waals surface area contributed by atoms with Crippen molar-refractivity contribution in [2.24, 2.45) is 0 Å². The quantitative estimate of drug-likeness (QED) is 0.342. The summed E-state index contributed by atoms with van der Waals surface area (Å²) in [6.07, 6.45) is 1.88. The summed E-state index contributed by atoms with van der Waals surface area (Å²) in [5.74, 6) is -0.866. The number of ketones is 1. The molecule has 0 saturated heterocycles. The van der Waals surface area contributed by atoms with E-state index >= 15 is 0 Å². The Morgan fingerprint density at radius 1 is 1.04 bits per heavy atom. The van der Waals surface area contributed by atoms with Gasteiger partial charge < -0.3 is 4.74 Å². The lowest BCUT2D eigenvalue weighted by atomic mass is 9.86. The van der Waals surface area contributed by atoms with Crippen LogP contribution in [0.2, 0.25) is 10.0 Å². The first-order chi connectivity index (χ1) is 12.6. The fourth-order valence-corrected chi connectivity index (χ4v) is 2.90. The number of esters is 1. The third-order valence-electron chi connectivity index (χ3n) is 4.06. The van der Waals surface area contributed by atoms with E-state index < -0.39 is 12.1 Å². The smallest absolute Gasteiger partial charge is 0.331 e. The molecule has 5 heteroatoms. The van der Waals surface area contributed by atoms with E-state index in [9.17, 15) is 9.59 Å². The van der Waals surface area contributed by atoms with Gasteiger partial charge in [0, 0.05) is 21.7 Å². The molecule has 0 spiro atoms. The van der Waals surface area contributed by atoms with Crippen LogP contribution in [-0.4, -0.2) is 17.9 Å². The highest BCUT2D eigenvalue weighted by Gasteiger charge is 2.20. The van der Waals surface area contributed by atoms with Crippen molar-refractivity contribution in [2.45, 2.75) is 39.2 Å². The van der Waals surface area contributed by atoms with Crippen molar-refractivity contribution >= 4 is 41.0 Å². The van der Waals surface area contributed by atoms with Crippen LogP contribution < -0.4 is 0 Å². The van der Waals surface area contributed by atoms with Gasteiger partial charge in [0.05, 0.1) is 0 Å². The molecule has 0 saturated carbocycles. The summed E-state index contributed by atoms with van der Waals surface area (Å²) >= 11 is 11.9. The molecular formula is C22H22Cl2O3. The Balaban J connectivity index is 2.01. The average Bonchev–Trinajstić information content (AvgIpc) is 2.59. The van der Waals surface area contributed by atoms with Crippen LogP contribution in [0.1, 0.15) is 49.2 Å². The van der Waals surface area contributed by atoms with Crippen molar-refractivity contribution in [2.75, 3.05) is 0 Å². The molecule has 0 bridgehead atoms. The molecule has 2 aromatic rings. The number of carbonyl (C=O) groups is 2. The maximum Gasteiger partial charge on any atom is 0.331 e. The highest BCUT2D eigenvalue weighted by Crippen LogP contribution is 2.23. The van der Waals surface area contributed by atoms with Crippen LogP contribution in [0.25, 0.3) is 6.08 Å². The molecule has 0 aliphatic heterocycles. The molecule has 0 N–H and O–H groups in total.